The highest BCUT2D eigenvalue weighted by molar-refractivity contribution is 6.05. The second-order valence-electron chi connectivity index (χ2n) is 7.91. The maximum Gasteiger partial charge on any atom is 0.344 e. The van der Waals surface area contributed by atoms with E-state index in [1.54, 1.807) is 31.2 Å². The molecule has 1 heterocycles. The number of aryl methyl sites for hydroxylation is 2. The molecule has 3 aromatic carbocycles. The molecule has 0 unspecified atom stereocenters. The molecule has 0 aliphatic heterocycles. The van der Waals surface area contributed by atoms with Crippen LogP contribution in [0.2, 0.25) is 0 Å². The van der Waals surface area contributed by atoms with Crippen LogP contribution in [0.3, 0.4) is 0 Å². The van der Waals surface area contributed by atoms with E-state index in [0.29, 0.717) is 48.1 Å². The Morgan fingerprint density at radius 1 is 0.879 bits per heavy atom. The van der Waals surface area contributed by atoms with Gasteiger partial charge in [0.1, 0.15) is 11.3 Å². The van der Waals surface area contributed by atoms with Crippen LogP contribution in [0.1, 0.15) is 30.4 Å². The smallest absolute Gasteiger partial charge is 0.344 e. The van der Waals surface area contributed by atoms with Crippen molar-refractivity contribution in [2.75, 3.05) is 6.54 Å². The van der Waals surface area contributed by atoms with Gasteiger partial charge < -0.3 is 14.5 Å². The third-order valence-electron chi connectivity index (χ3n) is 5.58. The van der Waals surface area contributed by atoms with Gasteiger partial charge in [-0.05, 0) is 48.9 Å². The molecule has 0 saturated carbocycles. The van der Waals surface area contributed by atoms with E-state index in [4.69, 9.17) is 9.15 Å². The van der Waals surface area contributed by atoms with E-state index in [2.05, 4.69) is 5.32 Å². The van der Waals surface area contributed by atoms with Crippen molar-refractivity contribution in [3.8, 4) is 5.75 Å². The summed E-state index contributed by atoms with van der Waals surface area (Å²) in [7, 11) is 0. The molecule has 4 aromatic rings. The number of rotatable bonds is 8. The first-order valence-corrected chi connectivity index (χ1v) is 11.0. The molecule has 168 valence electrons. The van der Waals surface area contributed by atoms with Crippen molar-refractivity contribution in [2.24, 2.45) is 0 Å². The Hall–Kier alpha value is -3.93. The summed E-state index contributed by atoms with van der Waals surface area (Å²) in [6, 6.07) is 20.6. The number of carbonyl (C=O) groups is 2. The normalized spacial score (nSPS) is 10.9. The molecular weight excluding hydrogens is 418 g/mol. The Labute approximate surface area is 191 Å². The molecule has 0 radical (unpaired) electrons. The maximum absolute atomic E-state index is 12.3. The number of carbonyl (C=O) groups excluding carboxylic acids is 2. The first-order chi connectivity index (χ1) is 16.0. The van der Waals surface area contributed by atoms with Gasteiger partial charge in [-0.15, -0.1) is 0 Å². The van der Waals surface area contributed by atoms with Gasteiger partial charge in [-0.1, -0.05) is 48.5 Å². The Morgan fingerprint density at radius 2 is 1.61 bits per heavy atom. The second-order valence-corrected chi connectivity index (χ2v) is 7.91. The first-order valence-electron chi connectivity index (χ1n) is 11.0. The second kappa shape index (κ2) is 10.1. The number of benzene rings is 3. The molecule has 0 bridgehead atoms. The molecule has 0 fully saturated rings. The predicted molar refractivity (Wildman–Crippen MR) is 127 cm³/mol. The number of esters is 1. The SMILES string of the molecule is Cc1c(OC(=O)CCCNC(=O)CCc2ccccc2)ccc2c1oc(=O)c1ccccc12. The number of hydrogen-bond acceptors (Lipinski definition) is 5. The molecule has 1 amide bonds. The summed E-state index contributed by atoms with van der Waals surface area (Å²) in [5, 5.41) is 4.94. The fourth-order valence-corrected chi connectivity index (χ4v) is 3.80. The van der Waals surface area contributed by atoms with E-state index in [-0.39, 0.29) is 12.3 Å². The Morgan fingerprint density at radius 3 is 2.39 bits per heavy atom. The molecule has 0 saturated heterocycles. The lowest BCUT2D eigenvalue weighted by atomic mass is 10.0. The summed E-state index contributed by atoms with van der Waals surface area (Å²) in [6.45, 7) is 2.16. The molecule has 1 aromatic heterocycles. The number of fused-ring (bicyclic) bond motifs is 3. The zero-order valence-electron chi connectivity index (χ0n) is 18.4. The van der Waals surface area contributed by atoms with Crippen LogP contribution in [0.5, 0.6) is 5.75 Å². The number of nitrogens with one attached hydrogen (secondary N) is 1. The molecule has 6 nitrogen and oxygen atoms in total. The average molecular weight is 443 g/mol. The van der Waals surface area contributed by atoms with Crippen molar-refractivity contribution in [1.82, 2.24) is 5.32 Å². The van der Waals surface area contributed by atoms with Crippen LogP contribution in [0.15, 0.2) is 75.9 Å². The Bertz CT molecular complexity index is 1360. The van der Waals surface area contributed by atoms with E-state index >= 15 is 0 Å². The number of hydrogen-bond donors (Lipinski definition) is 1. The number of ether oxygens (including phenoxy) is 1. The maximum atomic E-state index is 12.3. The fourth-order valence-electron chi connectivity index (χ4n) is 3.80. The first kappa shape index (κ1) is 22.3. The van der Waals surface area contributed by atoms with Crippen molar-refractivity contribution in [2.45, 2.75) is 32.6 Å². The van der Waals surface area contributed by atoms with Gasteiger partial charge in [0, 0.05) is 30.3 Å². The lowest BCUT2D eigenvalue weighted by Gasteiger charge is -2.11. The molecule has 0 atom stereocenters. The van der Waals surface area contributed by atoms with Gasteiger partial charge in [-0.3, -0.25) is 9.59 Å². The van der Waals surface area contributed by atoms with E-state index in [9.17, 15) is 14.4 Å². The van der Waals surface area contributed by atoms with Gasteiger partial charge in [0.25, 0.3) is 0 Å². The van der Waals surface area contributed by atoms with Crippen LogP contribution in [0.4, 0.5) is 0 Å². The highest BCUT2D eigenvalue weighted by Gasteiger charge is 2.14. The minimum atomic E-state index is -0.423. The minimum absolute atomic E-state index is 0.0418. The predicted octanol–water partition coefficient (Wildman–Crippen LogP) is 4.69. The van der Waals surface area contributed by atoms with E-state index in [1.165, 1.54) is 0 Å². The molecule has 33 heavy (non-hydrogen) atoms. The summed E-state index contributed by atoms with van der Waals surface area (Å²) < 4.78 is 11.0. The standard InChI is InChI=1S/C27H25NO5/c1-18-23(15-14-21-20-10-5-6-11-22(20)27(31)33-26(18)21)32-25(30)12-7-17-28-24(29)16-13-19-8-3-2-4-9-19/h2-6,8-11,14-15H,7,12-13,16-17H2,1H3,(H,28,29). The average Bonchev–Trinajstić information content (AvgIpc) is 2.83. The van der Waals surface area contributed by atoms with Crippen LogP contribution in [-0.2, 0) is 16.0 Å². The quantitative estimate of drug-likeness (QED) is 0.140. The molecule has 6 heteroatoms. The topological polar surface area (TPSA) is 85.6 Å². The fraction of sp³-hybridized carbons (Fsp3) is 0.222. The summed E-state index contributed by atoms with van der Waals surface area (Å²) in [4.78, 5) is 36.6. The highest BCUT2D eigenvalue weighted by Crippen LogP contribution is 2.31. The van der Waals surface area contributed by atoms with Crippen molar-refractivity contribution in [3.63, 3.8) is 0 Å². The van der Waals surface area contributed by atoms with Gasteiger partial charge in [0.05, 0.1) is 5.39 Å². The lowest BCUT2D eigenvalue weighted by Crippen LogP contribution is -2.25. The molecule has 0 aliphatic rings. The zero-order valence-corrected chi connectivity index (χ0v) is 18.4. The zero-order chi connectivity index (χ0) is 23.2. The van der Waals surface area contributed by atoms with Crippen molar-refractivity contribution in [3.05, 3.63) is 88.3 Å². The van der Waals surface area contributed by atoms with Gasteiger partial charge in [-0.2, -0.15) is 0 Å². The Balaban J connectivity index is 1.31. The van der Waals surface area contributed by atoms with Crippen LogP contribution < -0.4 is 15.7 Å². The van der Waals surface area contributed by atoms with Gasteiger partial charge >= 0.3 is 11.6 Å². The van der Waals surface area contributed by atoms with Crippen molar-refractivity contribution < 1.29 is 18.7 Å². The molecule has 4 rings (SSSR count). The summed E-state index contributed by atoms with van der Waals surface area (Å²) in [5.41, 5.74) is 1.70. The van der Waals surface area contributed by atoms with Crippen LogP contribution in [-0.4, -0.2) is 18.4 Å². The molecule has 0 spiro atoms. The highest BCUT2D eigenvalue weighted by atomic mass is 16.5. The third kappa shape index (κ3) is 5.29. The van der Waals surface area contributed by atoms with Crippen molar-refractivity contribution >= 4 is 33.6 Å². The Kier molecular flexibility index (Phi) is 6.83. The van der Waals surface area contributed by atoms with E-state index in [1.807, 2.05) is 42.5 Å². The lowest BCUT2D eigenvalue weighted by molar-refractivity contribution is -0.134. The van der Waals surface area contributed by atoms with Crippen LogP contribution >= 0.6 is 0 Å². The summed E-state index contributed by atoms with van der Waals surface area (Å²) in [6.07, 6.45) is 1.73. The molecular formula is C27H25NO5. The van der Waals surface area contributed by atoms with Crippen LogP contribution in [0.25, 0.3) is 21.7 Å². The van der Waals surface area contributed by atoms with Gasteiger partial charge in [0.2, 0.25) is 5.91 Å². The van der Waals surface area contributed by atoms with Gasteiger partial charge in [-0.25, -0.2) is 4.79 Å². The van der Waals surface area contributed by atoms with Crippen LogP contribution in [0, 0.1) is 6.92 Å². The summed E-state index contributed by atoms with van der Waals surface area (Å²) in [5.74, 6) is -0.0863. The van der Waals surface area contributed by atoms with E-state index in [0.717, 1.165) is 16.3 Å². The van der Waals surface area contributed by atoms with Gasteiger partial charge in [0.15, 0.2) is 0 Å². The molecule has 1 N–H and O–H groups in total. The summed E-state index contributed by atoms with van der Waals surface area (Å²) >= 11 is 0. The van der Waals surface area contributed by atoms with Crippen molar-refractivity contribution in [1.29, 1.82) is 0 Å². The third-order valence-corrected chi connectivity index (χ3v) is 5.58. The molecule has 0 aliphatic carbocycles. The number of amides is 1. The monoisotopic (exact) mass is 443 g/mol. The largest absolute Gasteiger partial charge is 0.426 e. The minimum Gasteiger partial charge on any atom is -0.426 e. The van der Waals surface area contributed by atoms with E-state index < -0.39 is 11.6 Å².